The van der Waals surface area contributed by atoms with Crippen LogP contribution in [0.4, 0.5) is 0 Å². The minimum Gasteiger partial charge on any atom is -0.508 e. The molecule has 0 saturated heterocycles. The van der Waals surface area contributed by atoms with Gasteiger partial charge in [0.2, 0.25) is 0 Å². The number of aromatic nitrogens is 2. The lowest BCUT2D eigenvalue weighted by atomic mass is 9.85. The molecule has 0 saturated carbocycles. The summed E-state index contributed by atoms with van der Waals surface area (Å²) in [6.07, 6.45) is 4.02. The van der Waals surface area contributed by atoms with Crippen molar-refractivity contribution in [1.82, 2.24) is 9.97 Å². The van der Waals surface area contributed by atoms with Crippen molar-refractivity contribution in [2.24, 2.45) is 0 Å². The maximum absolute atomic E-state index is 9.82. The Morgan fingerprint density at radius 3 is 1.63 bits per heavy atom. The molecule has 0 atom stereocenters. The predicted molar refractivity (Wildman–Crippen MR) is 126 cm³/mol. The van der Waals surface area contributed by atoms with E-state index in [1.165, 1.54) is 0 Å². The number of benzene rings is 3. The molecule has 4 nitrogen and oxygen atoms in total. The summed E-state index contributed by atoms with van der Waals surface area (Å²) in [5.74, 6) is 0.469. The van der Waals surface area contributed by atoms with Gasteiger partial charge in [0.25, 0.3) is 0 Å². The Bertz CT molecular complexity index is 1220. The fourth-order valence-corrected chi connectivity index (χ4v) is 4.20. The fourth-order valence-electron chi connectivity index (χ4n) is 3.93. The lowest BCUT2D eigenvalue weighted by Crippen LogP contribution is -2.02. The number of fused-ring (bicyclic) bond motifs is 2. The van der Waals surface area contributed by atoms with E-state index in [0.717, 1.165) is 43.0 Å². The number of hydrogen-bond donors (Lipinski definition) is 4. The molecule has 0 aliphatic carbocycles. The van der Waals surface area contributed by atoms with E-state index < -0.39 is 0 Å². The molecular formula is C25H23BrN2O2. The third-order valence-corrected chi connectivity index (χ3v) is 5.75. The van der Waals surface area contributed by atoms with Crippen molar-refractivity contribution in [3.8, 4) is 11.5 Å². The van der Waals surface area contributed by atoms with E-state index in [9.17, 15) is 10.2 Å². The van der Waals surface area contributed by atoms with Crippen LogP contribution in [0.5, 0.6) is 11.5 Å². The van der Waals surface area contributed by atoms with Crippen molar-refractivity contribution in [2.45, 2.75) is 19.8 Å². The Morgan fingerprint density at radius 2 is 1.17 bits per heavy atom. The normalized spacial score (nSPS) is 11.1. The molecule has 0 bridgehead atoms. The number of hydrogen-bond acceptors (Lipinski definition) is 2. The number of aromatic amines is 2. The number of phenols is 2. The highest BCUT2D eigenvalue weighted by molar-refractivity contribution is 9.10. The third-order valence-electron chi connectivity index (χ3n) is 5.22. The van der Waals surface area contributed by atoms with Crippen molar-refractivity contribution in [2.75, 3.05) is 0 Å². The molecule has 5 heteroatoms. The molecule has 3 aromatic carbocycles. The highest BCUT2D eigenvalue weighted by atomic mass is 79.9. The Labute approximate surface area is 183 Å². The third kappa shape index (κ3) is 3.57. The molecule has 0 aliphatic rings. The number of nitrogens with one attached hydrogen (secondary N) is 2. The molecule has 2 aromatic heterocycles. The second-order valence-electron chi connectivity index (χ2n) is 6.93. The first kappa shape index (κ1) is 20.1. The van der Waals surface area contributed by atoms with Gasteiger partial charge in [-0.3, -0.25) is 0 Å². The maximum Gasteiger partial charge on any atom is 0.117 e. The molecule has 0 amide bonds. The topological polar surface area (TPSA) is 72.0 Å². The van der Waals surface area contributed by atoms with Gasteiger partial charge < -0.3 is 20.2 Å². The van der Waals surface area contributed by atoms with Gasteiger partial charge in [0.1, 0.15) is 11.5 Å². The van der Waals surface area contributed by atoms with Gasteiger partial charge in [0.15, 0.2) is 0 Å². The first-order valence-electron chi connectivity index (χ1n) is 9.95. The van der Waals surface area contributed by atoms with Crippen LogP contribution in [0, 0.1) is 0 Å². The van der Waals surface area contributed by atoms with E-state index in [1.54, 1.807) is 24.3 Å². The number of H-pyrrole nitrogens is 2. The second-order valence-corrected chi connectivity index (χ2v) is 7.85. The molecule has 5 aromatic rings. The molecular weight excluding hydrogens is 440 g/mol. The first-order chi connectivity index (χ1) is 14.6. The zero-order valence-corrected chi connectivity index (χ0v) is 18.4. The fraction of sp³-hybridized carbons (Fsp3) is 0.120. The quantitative estimate of drug-likeness (QED) is 0.232. The highest BCUT2D eigenvalue weighted by Crippen LogP contribution is 2.40. The van der Waals surface area contributed by atoms with Gasteiger partial charge in [-0.05, 0) is 53.1 Å². The van der Waals surface area contributed by atoms with E-state index in [1.807, 2.05) is 50.5 Å². The van der Waals surface area contributed by atoms with Gasteiger partial charge in [-0.1, -0.05) is 41.9 Å². The van der Waals surface area contributed by atoms with Crippen LogP contribution in [-0.4, -0.2) is 20.2 Å². The second kappa shape index (κ2) is 8.28. The highest BCUT2D eigenvalue weighted by Gasteiger charge is 2.23. The minimum atomic E-state index is -0.00955. The monoisotopic (exact) mass is 462 g/mol. The van der Waals surface area contributed by atoms with Crippen LogP contribution in [0.1, 0.15) is 36.5 Å². The lowest BCUT2D eigenvalue weighted by Gasteiger charge is -2.17. The number of rotatable bonds is 3. The smallest absolute Gasteiger partial charge is 0.117 e. The first-order valence-corrected chi connectivity index (χ1v) is 10.7. The Kier molecular flexibility index (Phi) is 5.55. The summed E-state index contributed by atoms with van der Waals surface area (Å²) < 4.78 is 1.03. The number of halogens is 1. The van der Waals surface area contributed by atoms with Crippen molar-refractivity contribution in [3.05, 3.63) is 94.2 Å². The zero-order valence-electron chi connectivity index (χ0n) is 16.8. The summed E-state index contributed by atoms with van der Waals surface area (Å²) in [7, 11) is 0. The van der Waals surface area contributed by atoms with Crippen molar-refractivity contribution < 1.29 is 10.2 Å². The van der Waals surface area contributed by atoms with E-state index >= 15 is 0 Å². The summed E-state index contributed by atoms with van der Waals surface area (Å²) in [6.45, 7) is 4.00. The SMILES string of the molecule is CC.Oc1ccc2c(C(c3ccc(Br)cc3)c3c[nH]c4cc(O)ccc34)c[nH]c2c1. The average Bonchev–Trinajstić information content (AvgIpc) is 3.35. The molecule has 0 aliphatic heterocycles. The zero-order chi connectivity index (χ0) is 21.3. The van der Waals surface area contributed by atoms with Crippen LogP contribution >= 0.6 is 15.9 Å². The Balaban J connectivity index is 0.00000106. The van der Waals surface area contributed by atoms with Gasteiger partial charge in [0.05, 0.1) is 0 Å². The lowest BCUT2D eigenvalue weighted by molar-refractivity contribution is 0.475. The average molecular weight is 463 g/mol. The van der Waals surface area contributed by atoms with Gasteiger partial charge in [-0.15, -0.1) is 0 Å². The van der Waals surface area contributed by atoms with Crippen LogP contribution in [0.2, 0.25) is 0 Å². The van der Waals surface area contributed by atoms with Crippen molar-refractivity contribution in [1.29, 1.82) is 0 Å². The van der Waals surface area contributed by atoms with Crippen LogP contribution in [-0.2, 0) is 0 Å². The molecule has 0 fully saturated rings. The van der Waals surface area contributed by atoms with Crippen LogP contribution < -0.4 is 0 Å². The minimum absolute atomic E-state index is 0.00955. The summed E-state index contributed by atoms with van der Waals surface area (Å²) in [6, 6.07) is 19.1. The molecule has 5 rings (SSSR count). The summed E-state index contributed by atoms with van der Waals surface area (Å²) in [5.41, 5.74) is 5.22. The molecule has 2 heterocycles. The van der Waals surface area contributed by atoms with Crippen LogP contribution in [0.15, 0.2) is 77.5 Å². The maximum atomic E-state index is 9.82. The van der Waals surface area contributed by atoms with Crippen LogP contribution in [0.3, 0.4) is 0 Å². The molecule has 0 spiro atoms. The van der Waals surface area contributed by atoms with Gasteiger partial charge in [-0.2, -0.15) is 0 Å². The number of aromatic hydroxyl groups is 2. The molecule has 0 unspecified atom stereocenters. The van der Waals surface area contributed by atoms with E-state index in [4.69, 9.17) is 0 Å². The van der Waals surface area contributed by atoms with Crippen LogP contribution in [0.25, 0.3) is 21.8 Å². The number of phenolic OH excluding ortho intramolecular Hbond substituents is 2. The summed E-state index contributed by atoms with van der Waals surface area (Å²) in [5, 5.41) is 21.8. The van der Waals surface area contributed by atoms with Gasteiger partial charge >= 0.3 is 0 Å². The Morgan fingerprint density at radius 1 is 0.700 bits per heavy atom. The molecule has 0 radical (unpaired) electrons. The van der Waals surface area contributed by atoms with Gasteiger partial charge in [0, 0.05) is 56.7 Å². The summed E-state index contributed by atoms with van der Waals surface area (Å²) >= 11 is 3.52. The van der Waals surface area contributed by atoms with E-state index in [2.05, 4.69) is 38.0 Å². The van der Waals surface area contributed by atoms with E-state index in [0.29, 0.717) is 0 Å². The Hall–Kier alpha value is -3.18. The summed E-state index contributed by atoms with van der Waals surface area (Å²) in [4.78, 5) is 6.58. The van der Waals surface area contributed by atoms with Crippen molar-refractivity contribution >= 4 is 37.7 Å². The van der Waals surface area contributed by atoms with Crippen molar-refractivity contribution in [3.63, 3.8) is 0 Å². The largest absolute Gasteiger partial charge is 0.508 e. The molecule has 4 N–H and O–H groups in total. The molecule has 30 heavy (non-hydrogen) atoms. The standard InChI is InChI=1S/C23H17BrN2O2.C2H6/c24-14-3-1-13(2-4-14)23(19-11-25-21-9-15(27)5-7-17(19)21)20-12-26-22-10-16(28)6-8-18(20)22;1-2/h1-12,23,25-28H;1-2H3. The van der Waals surface area contributed by atoms with E-state index in [-0.39, 0.29) is 17.4 Å². The predicted octanol–water partition coefficient (Wildman–Crippen LogP) is 7.03. The van der Waals surface area contributed by atoms with Gasteiger partial charge in [-0.25, -0.2) is 0 Å². The molecule has 152 valence electrons.